The molecule has 2 aliphatic heterocycles. The lowest BCUT2D eigenvalue weighted by Gasteiger charge is -2.29. The van der Waals surface area contributed by atoms with Crippen LogP contribution in [0.2, 0.25) is 0 Å². The summed E-state index contributed by atoms with van der Waals surface area (Å²) in [6.45, 7) is 0.256. The number of carbonyl (C=O) groups is 3. The van der Waals surface area contributed by atoms with Crippen molar-refractivity contribution in [1.82, 2.24) is 15.5 Å². The Morgan fingerprint density at radius 2 is 2.00 bits per heavy atom. The van der Waals surface area contributed by atoms with Crippen molar-refractivity contribution in [2.75, 3.05) is 13.2 Å². The molecule has 1 unspecified atom stereocenters. The Morgan fingerprint density at radius 1 is 1.21 bits per heavy atom. The van der Waals surface area contributed by atoms with Gasteiger partial charge in [0.25, 0.3) is 5.91 Å². The molecule has 2 atom stereocenters. The van der Waals surface area contributed by atoms with E-state index in [-0.39, 0.29) is 44.0 Å². The number of nitrogens with one attached hydrogen (secondary N) is 2. The van der Waals surface area contributed by atoms with E-state index in [2.05, 4.69) is 10.6 Å². The number of nitrogens with zero attached hydrogens (tertiary/aromatic N) is 1. The van der Waals surface area contributed by atoms with Crippen molar-refractivity contribution in [3.05, 3.63) is 77.1 Å². The minimum absolute atomic E-state index is 0.0516. The second kappa shape index (κ2) is 10.4. The number of hydrogen-bond acceptors (Lipinski definition) is 7. The lowest BCUT2D eigenvalue weighted by Crippen LogP contribution is -2.52. The van der Waals surface area contributed by atoms with Gasteiger partial charge in [0.15, 0.2) is 0 Å². The average molecular weight is 465 g/mol. The highest BCUT2D eigenvalue weighted by Crippen LogP contribution is 2.33. The molecule has 2 aromatic rings. The first-order chi connectivity index (χ1) is 16.5. The maximum Gasteiger partial charge on any atom is 0.255 e. The van der Waals surface area contributed by atoms with Gasteiger partial charge in [-0.25, -0.2) is 0 Å². The highest BCUT2D eigenvalue weighted by molar-refractivity contribution is 6.05. The van der Waals surface area contributed by atoms with E-state index in [4.69, 9.17) is 10.5 Å². The summed E-state index contributed by atoms with van der Waals surface area (Å²) in [6.07, 6.45) is 2.77. The van der Waals surface area contributed by atoms with Gasteiger partial charge in [0.1, 0.15) is 18.4 Å². The Labute approximate surface area is 197 Å². The molecule has 0 spiro atoms. The molecule has 4 rings (SSSR count). The van der Waals surface area contributed by atoms with Gasteiger partial charge >= 0.3 is 0 Å². The molecule has 0 bridgehead atoms. The monoisotopic (exact) mass is 464 g/mol. The standard InChI is InChI=1S/C25H28N4O5/c26-17(12-27-18(14-30)11-16-5-2-1-3-6-16)15-34-22-8-4-7-19-20(22)13-29(25(19)33)21-9-10-23(31)28-24(21)32/h1-8,12,18,21,27,30H,9-11,13-15,26H2,(H,28,31,32)/b17-12-/t18-,21?/m0/s1. The molecule has 9 nitrogen and oxygen atoms in total. The van der Waals surface area contributed by atoms with Crippen molar-refractivity contribution in [3.8, 4) is 5.75 Å². The van der Waals surface area contributed by atoms with Crippen molar-refractivity contribution in [3.63, 3.8) is 0 Å². The SMILES string of the molecule is N/C(=C\N[C@H](CO)Cc1ccccc1)COc1cccc2c1CN(C1CCC(=O)NC1=O)C2=O. The van der Waals surface area contributed by atoms with E-state index in [9.17, 15) is 19.5 Å². The van der Waals surface area contributed by atoms with Crippen molar-refractivity contribution in [2.45, 2.75) is 37.9 Å². The van der Waals surface area contributed by atoms with E-state index in [1.807, 2.05) is 30.3 Å². The van der Waals surface area contributed by atoms with Gasteiger partial charge in [-0.15, -0.1) is 0 Å². The van der Waals surface area contributed by atoms with E-state index < -0.39 is 11.9 Å². The number of aliphatic hydroxyl groups is 1. The first-order valence-electron chi connectivity index (χ1n) is 11.2. The third-order valence-corrected chi connectivity index (χ3v) is 5.98. The minimum atomic E-state index is -0.681. The number of hydrogen-bond donors (Lipinski definition) is 4. The number of rotatable bonds is 9. The molecule has 0 aliphatic carbocycles. The zero-order valence-electron chi connectivity index (χ0n) is 18.7. The fraction of sp³-hybridized carbons (Fsp3) is 0.320. The van der Waals surface area contributed by atoms with Crippen molar-refractivity contribution in [1.29, 1.82) is 0 Å². The van der Waals surface area contributed by atoms with Gasteiger partial charge in [0.05, 0.1) is 24.9 Å². The second-order valence-corrected chi connectivity index (χ2v) is 8.43. The van der Waals surface area contributed by atoms with Crippen molar-refractivity contribution < 1.29 is 24.2 Å². The molecule has 0 aromatic heterocycles. The van der Waals surface area contributed by atoms with Gasteiger partial charge in [-0.2, -0.15) is 0 Å². The van der Waals surface area contributed by atoms with Crippen LogP contribution in [0.3, 0.4) is 0 Å². The summed E-state index contributed by atoms with van der Waals surface area (Å²) >= 11 is 0. The van der Waals surface area contributed by atoms with Gasteiger partial charge in [0, 0.05) is 23.7 Å². The van der Waals surface area contributed by atoms with E-state index in [1.165, 1.54) is 4.90 Å². The van der Waals surface area contributed by atoms with E-state index in [0.29, 0.717) is 35.4 Å². The molecule has 9 heteroatoms. The summed E-state index contributed by atoms with van der Waals surface area (Å²) in [4.78, 5) is 38.1. The fourth-order valence-electron chi connectivity index (χ4n) is 4.19. The molecule has 178 valence electrons. The molecule has 0 radical (unpaired) electrons. The third-order valence-electron chi connectivity index (χ3n) is 5.98. The third kappa shape index (κ3) is 5.20. The summed E-state index contributed by atoms with van der Waals surface area (Å²) < 4.78 is 5.89. The average Bonchev–Trinajstić information content (AvgIpc) is 3.17. The smallest absolute Gasteiger partial charge is 0.255 e. The van der Waals surface area contributed by atoms with Crippen LogP contribution < -0.4 is 21.1 Å². The van der Waals surface area contributed by atoms with Crippen LogP contribution in [-0.4, -0.2) is 53.0 Å². The summed E-state index contributed by atoms with van der Waals surface area (Å²) in [7, 11) is 0. The Balaban J connectivity index is 1.37. The maximum atomic E-state index is 12.9. The van der Waals surface area contributed by atoms with Gasteiger partial charge < -0.3 is 25.8 Å². The Kier molecular flexibility index (Phi) is 7.12. The van der Waals surface area contributed by atoms with Gasteiger partial charge in [-0.05, 0) is 30.5 Å². The molecule has 0 saturated carbocycles. The number of carbonyl (C=O) groups excluding carboxylic acids is 3. The predicted molar refractivity (Wildman–Crippen MR) is 124 cm³/mol. The molecule has 1 saturated heterocycles. The van der Waals surface area contributed by atoms with Crippen LogP contribution in [0.4, 0.5) is 0 Å². The number of nitrogens with two attached hydrogens (primary N) is 1. The molecule has 2 aromatic carbocycles. The molecule has 2 heterocycles. The molecule has 3 amide bonds. The summed E-state index contributed by atoms with van der Waals surface area (Å²) in [5.41, 5.74) is 8.79. The lowest BCUT2D eigenvalue weighted by molar-refractivity contribution is -0.136. The predicted octanol–water partition coefficient (Wildman–Crippen LogP) is 0.820. The number of benzene rings is 2. The molecular formula is C25H28N4O5. The lowest BCUT2D eigenvalue weighted by atomic mass is 10.0. The van der Waals surface area contributed by atoms with Crippen LogP contribution in [0, 0.1) is 0 Å². The van der Waals surface area contributed by atoms with Gasteiger partial charge in [-0.3, -0.25) is 19.7 Å². The van der Waals surface area contributed by atoms with E-state index in [0.717, 1.165) is 5.56 Å². The zero-order chi connectivity index (χ0) is 24.1. The summed E-state index contributed by atoms with van der Waals surface area (Å²) in [5.74, 6) is -0.517. The molecule has 1 fully saturated rings. The highest BCUT2D eigenvalue weighted by Gasteiger charge is 2.40. The van der Waals surface area contributed by atoms with Crippen LogP contribution in [-0.2, 0) is 22.6 Å². The summed E-state index contributed by atoms with van der Waals surface area (Å²) in [6, 6.07) is 14.1. The first kappa shape index (κ1) is 23.3. The minimum Gasteiger partial charge on any atom is -0.487 e. The van der Waals surface area contributed by atoms with Gasteiger partial charge in [0.2, 0.25) is 11.8 Å². The maximum absolute atomic E-state index is 12.9. The number of fused-ring (bicyclic) bond motifs is 1. The Morgan fingerprint density at radius 3 is 2.74 bits per heavy atom. The fourth-order valence-corrected chi connectivity index (χ4v) is 4.19. The normalized spacial score (nSPS) is 19.0. The number of ether oxygens (including phenoxy) is 1. The van der Waals surface area contributed by atoms with Crippen LogP contribution in [0.15, 0.2) is 60.4 Å². The molecule has 2 aliphatic rings. The Bertz CT molecular complexity index is 1100. The first-order valence-corrected chi connectivity index (χ1v) is 11.2. The largest absolute Gasteiger partial charge is 0.487 e. The highest BCUT2D eigenvalue weighted by atomic mass is 16.5. The number of amides is 3. The van der Waals surface area contributed by atoms with Crippen LogP contribution in [0.1, 0.15) is 34.3 Å². The quantitative estimate of drug-likeness (QED) is 0.404. The van der Waals surface area contributed by atoms with Crippen LogP contribution >= 0.6 is 0 Å². The Hall–Kier alpha value is -3.85. The molecule has 34 heavy (non-hydrogen) atoms. The van der Waals surface area contributed by atoms with Crippen LogP contribution in [0.5, 0.6) is 5.75 Å². The van der Waals surface area contributed by atoms with Crippen molar-refractivity contribution >= 4 is 17.7 Å². The van der Waals surface area contributed by atoms with Crippen molar-refractivity contribution in [2.24, 2.45) is 5.73 Å². The zero-order valence-corrected chi connectivity index (χ0v) is 18.7. The van der Waals surface area contributed by atoms with E-state index >= 15 is 0 Å². The number of piperidine rings is 1. The van der Waals surface area contributed by atoms with Gasteiger partial charge in [-0.1, -0.05) is 36.4 Å². The number of imide groups is 1. The van der Waals surface area contributed by atoms with E-state index in [1.54, 1.807) is 24.4 Å². The topological polar surface area (TPSA) is 134 Å². The molecular weight excluding hydrogens is 436 g/mol. The molecule has 5 N–H and O–H groups in total. The second-order valence-electron chi connectivity index (χ2n) is 8.43. The van der Waals surface area contributed by atoms with Crippen LogP contribution in [0.25, 0.3) is 0 Å². The summed E-state index contributed by atoms with van der Waals surface area (Å²) in [5, 5.41) is 15.1. The number of aliphatic hydroxyl groups excluding tert-OH is 1.